The number of rotatable bonds is 4. The smallest absolute Gasteiger partial charge is 0.305 e. The molecule has 0 aliphatic heterocycles. The van der Waals surface area contributed by atoms with Gasteiger partial charge in [0.05, 0.1) is 12.5 Å². The largest absolute Gasteiger partial charge is 0.481 e. The Morgan fingerprint density at radius 3 is 2.54 bits per heavy atom. The summed E-state index contributed by atoms with van der Waals surface area (Å²) in [5.41, 5.74) is 0. The van der Waals surface area contributed by atoms with E-state index in [0.29, 0.717) is 12.8 Å². The molecule has 1 rings (SSSR count). The molecule has 0 bridgehead atoms. The Bertz CT molecular complexity index is 184. The molecule has 0 saturated heterocycles. The van der Waals surface area contributed by atoms with E-state index >= 15 is 0 Å². The quantitative estimate of drug-likeness (QED) is 0.649. The van der Waals surface area contributed by atoms with Gasteiger partial charge >= 0.3 is 5.97 Å². The lowest BCUT2D eigenvalue weighted by molar-refractivity contribution is -0.222. The standard InChI is InChI=1S/C9H16O4/c1-7(6-8(10)11)13-9(12)4-2-3-5-9/h7,12H,2-6H2,1H3,(H,10,11). The van der Waals surface area contributed by atoms with Crippen LogP contribution in [-0.4, -0.2) is 28.1 Å². The molecule has 0 radical (unpaired) electrons. The molecule has 0 aromatic heterocycles. The number of carbonyl (C=O) groups is 1. The van der Waals surface area contributed by atoms with Crippen LogP contribution in [0.2, 0.25) is 0 Å². The Morgan fingerprint density at radius 2 is 2.08 bits per heavy atom. The summed E-state index contributed by atoms with van der Waals surface area (Å²) < 4.78 is 5.28. The third kappa shape index (κ3) is 3.32. The van der Waals surface area contributed by atoms with Crippen LogP contribution in [-0.2, 0) is 9.53 Å². The van der Waals surface area contributed by atoms with E-state index in [9.17, 15) is 9.90 Å². The maximum Gasteiger partial charge on any atom is 0.305 e. The average Bonchev–Trinajstić information content (AvgIpc) is 2.33. The van der Waals surface area contributed by atoms with Gasteiger partial charge in [-0.3, -0.25) is 4.79 Å². The minimum absolute atomic E-state index is 0.0533. The molecule has 4 heteroatoms. The van der Waals surface area contributed by atoms with Gasteiger partial charge in [0.1, 0.15) is 0 Å². The van der Waals surface area contributed by atoms with Crippen molar-refractivity contribution in [2.75, 3.05) is 0 Å². The molecule has 1 saturated carbocycles. The lowest BCUT2D eigenvalue weighted by Crippen LogP contribution is -2.33. The maximum atomic E-state index is 10.3. The van der Waals surface area contributed by atoms with Gasteiger partial charge in [0.2, 0.25) is 0 Å². The Balaban J connectivity index is 2.33. The fourth-order valence-corrected chi connectivity index (χ4v) is 1.71. The summed E-state index contributed by atoms with van der Waals surface area (Å²) in [4.78, 5) is 10.3. The summed E-state index contributed by atoms with van der Waals surface area (Å²) in [5, 5.41) is 18.2. The van der Waals surface area contributed by atoms with E-state index in [2.05, 4.69) is 0 Å². The van der Waals surface area contributed by atoms with Gasteiger partial charge < -0.3 is 14.9 Å². The Labute approximate surface area is 77.5 Å². The van der Waals surface area contributed by atoms with Crippen molar-refractivity contribution in [3.8, 4) is 0 Å². The van der Waals surface area contributed by atoms with Gasteiger partial charge in [-0.15, -0.1) is 0 Å². The van der Waals surface area contributed by atoms with Crippen molar-refractivity contribution in [1.82, 2.24) is 0 Å². The highest BCUT2D eigenvalue weighted by molar-refractivity contribution is 5.67. The molecule has 0 amide bonds. The Morgan fingerprint density at radius 1 is 1.54 bits per heavy atom. The lowest BCUT2D eigenvalue weighted by atomic mass is 10.2. The minimum atomic E-state index is -1.06. The molecular formula is C9H16O4. The summed E-state index contributed by atoms with van der Waals surface area (Å²) in [6.07, 6.45) is 2.68. The van der Waals surface area contributed by atoms with Crippen molar-refractivity contribution in [3.05, 3.63) is 0 Å². The van der Waals surface area contributed by atoms with Crippen molar-refractivity contribution < 1.29 is 19.7 Å². The summed E-state index contributed by atoms with van der Waals surface area (Å²) >= 11 is 0. The van der Waals surface area contributed by atoms with Gasteiger partial charge in [0.25, 0.3) is 0 Å². The molecule has 4 nitrogen and oxygen atoms in total. The monoisotopic (exact) mass is 188 g/mol. The second-order valence-electron chi connectivity index (χ2n) is 3.68. The van der Waals surface area contributed by atoms with Gasteiger partial charge in [0, 0.05) is 12.8 Å². The topological polar surface area (TPSA) is 66.8 Å². The molecule has 0 heterocycles. The van der Waals surface area contributed by atoms with Crippen LogP contribution in [0.15, 0.2) is 0 Å². The van der Waals surface area contributed by atoms with Gasteiger partial charge in [-0.25, -0.2) is 0 Å². The minimum Gasteiger partial charge on any atom is -0.481 e. The molecule has 0 aromatic rings. The normalized spacial score (nSPS) is 22.9. The number of carboxylic acids is 1. The number of hydrogen-bond donors (Lipinski definition) is 2. The van der Waals surface area contributed by atoms with Gasteiger partial charge in [-0.05, 0) is 19.8 Å². The van der Waals surface area contributed by atoms with Crippen molar-refractivity contribution in [2.45, 2.75) is 50.9 Å². The molecule has 1 unspecified atom stereocenters. The zero-order valence-electron chi connectivity index (χ0n) is 7.82. The molecule has 1 atom stereocenters. The number of ether oxygens (including phenoxy) is 1. The van der Waals surface area contributed by atoms with Gasteiger partial charge in [-0.1, -0.05) is 0 Å². The number of carboxylic acid groups (broad SMARTS) is 1. The fraction of sp³-hybridized carbons (Fsp3) is 0.889. The first kappa shape index (κ1) is 10.5. The Hall–Kier alpha value is -0.610. The molecule has 0 aromatic carbocycles. The molecule has 1 aliphatic carbocycles. The fourth-order valence-electron chi connectivity index (χ4n) is 1.71. The van der Waals surface area contributed by atoms with Crippen molar-refractivity contribution in [2.24, 2.45) is 0 Å². The molecule has 1 fully saturated rings. The van der Waals surface area contributed by atoms with E-state index in [0.717, 1.165) is 12.8 Å². The second-order valence-corrected chi connectivity index (χ2v) is 3.68. The first-order valence-corrected chi connectivity index (χ1v) is 4.64. The highest BCUT2D eigenvalue weighted by atomic mass is 16.6. The maximum absolute atomic E-state index is 10.3. The van der Waals surface area contributed by atoms with Crippen LogP contribution in [0.4, 0.5) is 0 Å². The molecule has 76 valence electrons. The van der Waals surface area contributed by atoms with E-state index < -0.39 is 17.9 Å². The predicted molar refractivity (Wildman–Crippen MR) is 46.2 cm³/mol. The molecule has 0 spiro atoms. The predicted octanol–water partition coefficient (Wildman–Crippen LogP) is 1.13. The van der Waals surface area contributed by atoms with E-state index in [-0.39, 0.29) is 6.42 Å². The van der Waals surface area contributed by atoms with Crippen LogP contribution >= 0.6 is 0 Å². The molecule has 1 aliphatic rings. The van der Waals surface area contributed by atoms with E-state index in [1.807, 2.05) is 0 Å². The number of aliphatic hydroxyl groups is 1. The Kier molecular flexibility index (Phi) is 3.27. The van der Waals surface area contributed by atoms with E-state index in [4.69, 9.17) is 9.84 Å². The summed E-state index contributed by atoms with van der Waals surface area (Å²) in [6.45, 7) is 1.67. The van der Waals surface area contributed by atoms with Crippen LogP contribution < -0.4 is 0 Å². The molecule has 2 N–H and O–H groups in total. The SMILES string of the molecule is CC(CC(=O)O)OC1(O)CCCC1. The van der Waals surface area contributed by atoms with Crippen molar-refractivity contribution in [1.29, 1.82) is 0 Å². The zero-order valence-corrected chi connectivity index (χ0v) is 7.82. The first-order valence-electron chi connectivity index (χ1n) is 4.64. The lowest BCUT2D eigenvalue weighted by Gasteiger charge is -2.26. The molecule has 13 heavy (non-hydrogen) atoms. The van der Waals surface area contributed by atoms with Crippen LogP contribution in [0.25, 0.3) is 0 Å². The second kappa shape index (κ2) is 4.07. The number of hydrogen-bond acceptors (Lipinski definition) is 3. The average molecular weight is 188 g/mol. The number of aliphatic carboxylic acids is 1. The highest BCUT2D eigenvalue weighted by Gasteiger charge is 2.33. The summed E-state index contributed by atoms with van der Waals surface area (Å²) in [7, 11) is 0. The third-order valence-corrected chi connectivity index (χ3v) is 2.27. The first-order chi connectivity index (χ1) is 6.02. The van der Waals surface area contributed by atoms with Crippen LogP contribution in [0.3, 0.4) is 0 Å². The summed E-state index contributed by atoms with van der Waals surface area (Å²) in [6, 6.07) is 0. The highest BCUT2D eigenvalue weighted by Crippen LogP contribution is 2.31. The van der Waals surface area contributed by atoms with Crippen LogP contribution in [0.1, 0.15) is 39.0 Å². The van der Waals surface area contributed by atoms with Crippen LogP contribution in [0, 0.1) is 0 Å². The van der Waals surface area contributed by atoms with Gasteiger partial charge in [0.15, 0.2) is 5.79 Å². The van der Waals surface area contributed by atoms with Crippen molar-refractivity contribution in [3.63, 3.8) is 0 Å². The van der Waals surface area contributed by atoms with Gasteiger partial charge in [-0.2, -0.15) is 0 Å². The zero-order chi connectivity index (χ0) is 9.90. The van der Waals surface area contributed by atoms with Crippen LogP contribution in [0.5, 0.6) is 0 Å². The summed E-state index contributed by atoms with van der Waals surface area (Å²) in [5.74, 6) is -1.96. The van der Waals surface area contributed by atoms with E-state index in [1.54, 1.807) is 6.92 Å². The third-order valence-electron chi connectivity index (χ3n) is 2.27. The van der Waals surface area contributed by atoms with Crippen molar-refractivity contribution >= 4 is 5.97 Å². The van der Waals surface area contributed by atoms with E-state index in [1.165, 1.54) is 0 Å². The molecular weight excluding hydrogens is 172 g/mol.